The van der Waals surface area contributed by atoms with Crippen LogP contribution in [-0.2, 0) is 9.59 Å². The van der Waals surface area contributed by atoms with Gasteiger partial charge in [0.1, 0.15) is 5.75 Å². The van der Waals surface area contributed by atoms with Gasteiger partial charge < -0.3 is 15.0 Å². The predicted octanol–water partition coefficient (Wildman–Crippen LogP) is 2.95. The van der Waals surface area contributed by atoms with Crippen LogP contribution in [0.25, 0.3) is 0 Å². The molecule has 6 heteroatoms. The Hall–Kier alpha value is -3.15. The number of hydrogen-bond acceptors (Lipinski definition) is 4. The van der Waals surface area contributed by atoms with E-state index in [4.69, 9.17) is 4.74 Å². The van der Waals surface area contributed by atoms with Crippen molar-refractivity contribution in [2.45, 2.75) is 26.4 Å². The van der Waals surface area contributed by atoms with Crippen molar-refractivity contribution in [1.29, 1.82) is 0 Å². The highest BCUT2D eigenvalue weighted by atomic mass is 16.5. The predicted molar refractivity (Wildman–Crippen MR) is 98.7 cm³/mol. The number of carbonyl (C=O) groups is 3. The van der Waals surface area contributed by atoms with Gasteiger partial charge in [0, 0.05) is 18.3 Å². The Morgan fingerprint density at radius 3 is 2.58 bits per heavy atom. The number of ether oxygens (including phenoxy) is 1. The molecule has 1 atom stereocenters. The van der Waals surface area contributed by atoms with Crippen molar-refractivity contribution in [3.63, 3.8) is 0 Å². The minimum atomic E-state index is -1.71. The fourth-order valence-electron chi connectivity index (χ4n) is 2.88. The average molecular weight is 352 g/mol. The number of amides is 2. The van der Waals surface area contributed by atoms with E-state index in [2.05, 4.69) is 5.32 Å². The van der Waals surface area contributed by atoms with Crippen LogP contribution >= 0.6 is 0 Å². The molecule has 0 aromatic heterocycles. The van der Waals surface area contributed by atoms with E-state index in [1.165, 1.54) is 18.7 Å². The highest BCUT2D eigenvalue weighted by molar-refractivity contribution is 6.19. The lowest BCUT2D eigenvalue weighted by Gasteiger charge is -2.38. The van der Waals surface area contributed by atoms with Crippen LogP contribution in [-0.4, -0.2) is 30.2 Å². The molecular weight excluding hydrogens is 332 g/mol. The van der Waals surface area contributed by atoms with Crippen LogP contribution in [0.4, 0.5) is 11.4 Å². The van der Waals surface area contributed by atoms with Crippen LogP contribution in [0.1, 0.15) is 29.8 Å². The second kappa shape index (κ2) is 6.29. The van der Waals surface area contributed by atoms with Crippen LogP contribution in [0, 0.1) is 6.92 Å². The Morgan fingerprint density at radius 1 is 1.15 bits per heavy atom. The van der Waals surface area contributed by atoms with E-state index < -0.39 is 17.4 Å². The van der Waals surface area contributed by atoms with Gasteiger partial charge in [-0.1, -0.05) is 18.2 Å². The highest BCUT2D eigenvalue weighted by Gasteiger charge is 2.49. The van der Waals surface area contributed by atoms with Crippen molar-refractivity contribution in [1.82, 2.24) is 0 Å². The van der Waals surface area contributed by atoms with Gasteiger partial charge in [-0.3, -0.25) is 14.4 Å². The van der Waals surface area contributed by atoms with E-state index in [1.807, 2.05) is 19.1 Å². The minimum Gasteiger partial charge on any atom is -0.465 e. The lowest BCUT2D eigenvalue weighted by atomic mass is 9.99. The van der Waals surface area contributed by atoms with Gasteiger partial charge >= 0.3 is 0 Å². The molecule has 3 rings (SSSR count). The molecule has 0 aliphatic carbocycles. The molecule has 6 nitrogen and oxygen atoms in total. The molecule has 0 bridgehead atoms. The monoisotopic (exact) mass is 352 g/mol. The molecule has 134 valence electrons. The van der Waals surface area contributed by atoms with Gasteiger partial charge in [0.15, 0.2) is 5.78 Å². The van der Waals surface area contributed by atoms with Gasteiger partial charge in [0.05, 0.1) is 5.69 Å². The lowest BCUT2D eigenvalue weighted by Crippen LogP contribution is -2.59. The number of benzene rings is 2. The third kappa shape index (κ3) is 2.94. The highest BCUT2D eigenvalue weighted by Crippen LogP contribution is 2.38. The van der Waals surface area contributed by atoms with Crippen molar-refractivity contribution in [2.75, 3.05) is 17.3 Å². The lowest BCUT2D eigenvalue weighted by molar-refractivity contribution is -0.144. The summed E-state index contributed by atoms with van der Waals surface area (Å²) in [6.45, 7) is 4.81. The van der Waals surface area contributed by atoms with E-state index in [9.17, 15) is 14.4 Å². The number of ketones is 1. The third-order valence-electron chi connectivity index (χ3n) is 4.46. The average Bonchev–Trinajstić information content (AvgIpc) is 2.61. The van der Waals surface area contributed by atoms with Crippen molar-refractivity contribution in [3.05, 3.63) is 53.6 Å². The molecule has 0 fully saturated rings. The molecule has 2 aromatic rings. The number of aryl methyl sites for hydroxylation is 1. The normalized spacial score (nSPS) is 18.8. The van der Waals surface area contributed by atoms with E-state index in [1.54, 1.807) is 37.4 Å². The first-order chi connectivity index (χ1) is 12.2. The van der Waals surface area contributed by atoms with Crippen molar-refractivity contribution in [2.24, 2.45) is 0 Å². The van der Waals surface area contributed by atoms with Gasteiger partial charge in [-0.2, -0.15) is 0 Å². The maximum absolute atomic E-state index is 12.8. The Bertz CT molecular complexity index is 922. The number of anilines is 2. The molecule has 26 heavy (non-hydrogen) atoms. The Kier molecular flexibility index (Phi) is 4.28. The SMILES string of the molecule is CC(=O)c1cccc(NC(=O)C2(C)Oc3ccc(C)cc3N(C)C2=O)c1. The first-order valence-electron chi connectivity index (χ1n) is 8.22. The largest absolute Gasteiger partial charge is 0.465 e. The molecule has 1 N–H and O–H groups in total. The zero-order valence-corrected chi connectivity index (χ0v) is 15.1. The summed E-state index contributed by atoms with van der Waals surface area (Å²) in [5, 5.41) is 2.68. The summed E-state index contributed by atoms with van der Waals surface area (Å²) >= 11 is 0. The van der Waals surface area contributed by atoms with Gasteiger partial charge in [0.25, 0.3) is 17.4 Å². The summed E-state index contributed by atoms with van der Waals surface area (Å²) < 4.78 is 5.80. The van der Waals surface area contributed by atoms with Gasteiger partial charge in [0.2, 0.25) is 0 Å². The maximum Gasteiger partial charge on any atom is 0.280 e. The number of likely N-dealkylation sites (N-methyl/N-ethyl adjacent to an activating group) is 1. The molecule has 2 amide bonds. The summed E-state index contributed by atoms with van der Waals surface area (Å²) in [7, 11) is 1.62. The molecule has 1 aliphatic heterocycles. The van der Waals surface area contributed by atoms with E-state index in [0.717, 1.165) is 5.56 Å². The van der Waals surface area contributed by atoms with Crippen molar-refractivity contribution >= 4 is 29.0 Å². The van der Waals surface area contributed by atoms with Crippen LogP contribution < -0.4 is 15.0 Å². The van der Waals surface area contributed by atoms with Gasteiger partial charge in [-0.05, 0) is 50.6 Å². The zero-order chi connectivity index (χ0) is 19.1. The molecule has 0 radical (unpaired) electrons. The number of rotatable bonds is 3. The second-order valence-corrected chi connectivity index (χ2v) is 6.56. The zero-order valence-electron chi connectivity index (χ0n) is 15.1. The molecule has 0 spiro atoms. The van der Waals surface area contributed by atoms with E-state index in [0.29, 0.717) is 22.7 Å². The molecule has 1 unspecified atom stereocenters. The fourth-order valence-corrected chi connectivity index (χ4v) is 2.88. The smallest absolute Gasteiger partial charge is 0.280 e. The first kappa shape index (κ1) is 17.7. The molecular formula is C20H20N2O4. The Balaban J connectivity index is 1.91. The summed E-state index contributed by atoms with van der Waals surface area (Å²) in [6, 6.07) is 12.0. The van der Waals surface area contributed by atoms with E-state index >= 15 is 0 Å². The second-order valence-electron chi connectivity index (χ2n) is 6.56. The van der Waals surface area contributed by atoms with Crippen molar-refractivity contribution < 1.29 is 19.1 Å². The standard InChI is InChI=1S/C20H20N2O4/c1-12-8-9-17-16(10-12)22(4)19(25)20(3,26-17)18(24)21-15-7-5-6-14(11-15)13(2)23/h5-11H,1-4H3,(H,21,24). The Morgan fingerprint density at radius 2 is 1.88 bits per heavy atom. The molecule has 0 saturated heterocycles. The van der Waals surface area contributed by atoms with Crippen LogP contribution in [0.15, 0.2) is 42.5 Å². The number of nitrogens with one attached hydrogen (secondary N) is 1. The van der Waals surface area contributed by atoms with Gasteiger partial charge in [-0.15, -0.1) is 0 Å². The third-order valence-corrected chi connectivity index (χ3v) is 4.46. The first-order valence-corrected chi connectivity index (χ1v) is 8.22. The number of nitrogens with zero attached hydrogens (tertiary/aromatic N) is 1. The topological polar surface area (TPSA) is 75.7 Å². The van der Waals surface area contributed by atoms with Crippen LogP contribution in [0.2, 0.25) is 0 Å². The van der Waals surface area contributed by atoms with E-state index in [-0.39, 0.29) is 5.78 Å². The molecule has 2 aromatic carbocycles. The number of carbonyl (C=O) groups excluding carboxylic acids is 3. The fraction of sp³-hybridized carbons (Fsp3) is 0.250. The molecule has 1 aliphatic rings. The number of Topliss-reactive ketones (excluding diaryl/α,β-unsaturated/α-hetero) is 1. The van der Waals surface area contributed by atoms with Crippen molar-refractivity contribution in [3.8, 4) is 5.75 Å². The minimum absolute atomic E-state index is 0.110. The van der Waals surface area contributed by atoms with Crippen LogP contribution in [0.3, 0.4) is 0 Å². The summed E-state index contributed by atoms with van der Waals surface area (Å²) in [4.78, 5) is 38.6. The Labute approximate surface area is 151 Å². The summed E-state index contributed by atoms with van der Waals surface area (Å²) in [6.07, 6.45) is 0. The van der Waals surface area contributed by atoms with Gasteiger partial charge in [-0.25, -0.2) is 0 Å². The van der Waals surface area contributed by atoms with Crippen LogP contribution in [0.5, 0.6) is 5.75 Å². The molecule has 1 heterocycles. The number of fused-ring (bicyclic) bond motifs is 1. The molecule has 0 saturated carbocycles. The quantitative estimate of drug-likeness (QED) is 0.681. The maximum atomic E-state index is 12.8. The number of hydrogen-bond donors (Lipinski definition) is 1. The summed E-state index contributed by atoms with van der Waals surface area (Å²) in [5.41, 5.74) is 0.808. The summed E-state index contributed by atoms with van der Waals surface area (Å²) in [5.74, 6) is -0.703.